The number of anilines is 1. The molecule has 1 aromatic carbocycles. The molecule has 0 saturated heterocycles. The number of aliphatic hydroxyl groups is 1. The zero-order valence-corrected chi connectivity index (χ0v) is 12.4. The second-order valence-corrected chi connectivity index (χ2v) is 5.88. The van der Waals surface area contributed by atoms with E-state index in [1.54, 1.807) is 11.3 Å². The van der Waals surface area contributed by atoms with E-state index in [1.165, 1.54) is 10.6 Å². The van der Waals surface area contributed by atoms with Gasteiger partial charge in [-0.25, -0.2) is 4.98 Å². The topological polar surface area (TPSA) is 45.1 Å². The number of nitrogens with zero attached hydrogens (tertiary/aromatic N) is 1. The summed E-state index contributed by atoms with van der Waals surface area (Å²) in [6, 6.07) is 5.96. The molecule has 2 rings (SSSR count). The molecule has 102 valence electrons. The molecule has 0 bridgehead atoms. The normalized spacial score (nSPS) is 11.0. The van der Waals surface area contributed by atoms with Gasteiger partial charge in [0.15, 0.2) is 0 Å². The van der Waals surface area contributed by atoms with Gasteiger partial charge in [0, 0.05) is 17.0 Å². The van der Waals surface area contributed by atoms with Crippen molar-refractivity contribution >= 4 is 17.0 Å². The lowest BCUT2D eigenvalue weighted by Gasteiger charge is -2.09. The quantitative estimate of drug-likeness (QED) is 0.875. The van der Waals surface area contributed by atoms with Gasteiger partial charge in [-0.2, -0.15) is 0 Å². The van der Waals surface area contributed by atoms with Crippen molar-refractivity contribution in [2.24, 2.45) is 0 Å². The molecule has 0 unspecified atom stereocenters. The van der Waals surface area contributed by atoms with Gasteiger partial charge in [-0.3, -0.25) is 0 Å². The summed E-state index contributed by atoms with van der Waals surface area (Å²) in [5, 5.41) is 15.8. The summed E-state index contributed by atoms with van der Waals surface area (Å²) < 4.78 is 0. The van der Waals surface area contributed by atoms with Crippen molar-refractivity contribution < 1.29 is 5.11 Å². The molecular weight excluding hydrogens is 256 g/mol. The molecule has 0 aliphatic carbocycles. The summed E-state index contributed by atoms with van der Waals surface area (Å²) in [6.07, 6.45) is 0. The van der Waals surface area contributed by atoms with Crippen LogP contribution in [0.3, 0.4) is 0 Å². The van der Waals surface area contributed by atoms with Gasteiger partial charge in [0.2, 0.25) is 0 Å². The number of nitrogens with one attached hydrogen (secondary N) is 1. The Labute approximate surface area is 118 Å². The third-order valence-electron chi connectivity index (χ3n) is 3.01. The lowest BCUT2D eigenvalue weighted by atomic mass is 10.1. The maximum Gasteiger partial charge on any atom is 0.0954 e. The fraction of sp³-hybridized carbons (Fsp3) is 0.400. The first-order chi connectivity index (χ1) is 9.10. The minimum absolute atomic E-state index is 0.0726. The van der Waals surface area contributed by atoms with E-state index in [-0.39, 0.29) is 6.61 Å². The highest BCUT2D eigenvalue weighted by Gasteiger charge is 2.06. The predicted molar refractivity (Wildman–Crippen MR) is 80.6 cm³/mol. The Hall–Kier alpha value is -1.39. The minimum atomic E-state index is 0.0726. The van der Waals surface area contributed by atoms with E-state index in [2.05, 4.69) is 36.5 Å². The summed E-state index contributed by atoms with van der Waals surface area (Å²) in [4.78, 5) is 4.60. The third-order valence-corrected chi connectivity index (χ3v) is 4.20. The van der Waals surface area contributed by atoms with Crippen LogP contribution in [0.15, 0.2) is 23.6 Å². The first-order valence-corrected chi connectivity index (χ1v) is 7.36. The molecule has 0 spiro atoms. The zero-order chi connectivity index (χ0) is 13.8. The van der Waals surface area contributed by atoms with Gasteiger partial charge in [-0.1, -0.05) is 26.0 Å². The number of aliphatic hydroxyl groups excluding tert-OH is 1. The van der Waals surface area contributed by atoms with E-state index in [0.29, 0.717) is 5.92 Å². The second kappa shape index (κ2) is 6.17. The SMILES string of the molecule is Cc1ccc(CO)cc1NCc1csc(C(C)C)n1. The molecule has 0 saturated carbocycles. The Morgan fingerprint density at radius 1 is 1.37 bits per heavy atom. The van der Waals surface area contributed by atoms with Crippen molar-refractivity contribution in [3.05, 3.63) is 45.4 Å². The summed E-state index contributed by atoms with van der Waals surface area (Å²) in [6.45, 7) is 7.17. The Morgan fingerprint density at radius 3 is 2.79 bits per heavy atom. The highest BCUT2D eigenvalue weighted by Crippen LogP contribution is 2.21. The van der Waals surface area contributed by atoms with Crippen LogP contribution in [0, 0.1) is 6.92 Å². The number of benzene rings is 1. The fourth-order valence-corrected chi connectivity index (χ4v) is 2.65. The van der Waals surface area contributed by atoms with Crippen LogP contribution in [0.25, 0.3) is 0 Å². The number of rotatable bonds is 5. The molecule has 0 atom stereocenters. The molecule has 0 aliphatic heterocycles. The van der Waals surface area contributed by atoms with Crippen LogP contribution in [-0.2, 0) is 13.2 Å². The second-order valence-electron chi connectivity index (χ2n) is 4.99. The summed E-state index contributed by atoms with van der Waals surface area (Å²) in [7, 11) is 0. The fourth-order valence-electron chi connectivity index (χ4n) is 1.81. The molecule has 0 aliphatic rings. The molecule has 0 radical (unpaired) electrons. The van der Waals surface area contributed by atoms with Crippen molar-refractivity contribution in [3.63, 3.8) is 0 Å². The Kier molecular flexibility index (Phi) is 4.56. The minimum Gasteiger partial charge on any atom is -0.392 e. The summed E-state index contributed by atoms with van der Waals surface area (Å²) >= 11 is 1.71. The monoisotopic (exact) mass is 276 g/mol. The summed E-state index contributed by atoms with van der Waals surface area (Å²) in [5.41, 5.74) is 4.24. The first kappa shape index (κ1) is 14.0. The van der Waals surface area contributed by atoms with Crippen LogP contribution in [0.1, 0.15) is 41.6 Å². The van der Waals surface area contributed by atoms with Gasteiger partial charge < -0.3 is 10.4 Å². The van der Waals surface area contributed by atoms with Gasteiger partial charge in [0.05, 0.1) is 23.9 Å². The van der Waals surface area contributed by atoms with Crippen LogP contribution < -0.4 is 5.32 Å². The Balaban J connectivity index is 2.05. The van der Waals surface area contributed by atoms with Gasteiger partial charge >= 0.3 is 0 Å². The van der Waals surface area contributed by atoms with Crippen LogP contribution in [-0.4, -0.2) is 10.1 Å². The van der Waals surface area contributed by atoms with Crippen LogP contribution in [0.4, 0.5) is 5.69 Å². The van der Waals surface area contributed by atoms with E-state index in [0.717, 1.165) is 23.5 Å². The van der Waals surface area contributed by atoms with Crippen LogP contribution in [0.2, 0.25) is 0 Å². The number of hydrogen-bond donors (Lipinski definition) is 2. The van der Waals surface area contributed by atoms with Crippen LogP contribution >= 0.6 is 11.3 Å². The largest absolute Gasteiger partial charge is 0.392 e. The van der Waals surface area contributed by atoms with E-state index >= 15 is 0 Å². The molecule has 19 heavy (non-hydrogen) atoms. The van der Waals surface area contributed by atoms with Gasteiger partial charge in [0.1, 0.15) is 0 Å². The molecule has 4 heteroatoms. The van der Waals surface area contributed by atoms with E-state index in [9.17, 15) is 0 Å². The van der Waals surface area contributed by atoms with Crippen molar-refractivity contribution in [1.29, 1.82) is 0 Å². The highest BCUT2D eigenvalue weighted by molar-refractivity contribution is 7.09. The maximum absolute atomic E-state index is 9.16. The van der Waals surface area contributed by atoms with Gasteiger partial charge in [-0.05, 0) is 24.1 Å². The van der Waals surface area contributed by atoms with Gasteiger partial charge in [-0.15, -0.1) is 11.3 Å². The molecule has 3 nitrogen and oxygen atoms in total. The van der Waals surface area contributed by atoms with Crippen molar-refractivity contribution in [2.45, 2.75) is 39.8 Å². The van der Waals surface area contributed by atoms with Crippen LogP contribution in [0.5, 0.6) is 0 Å². The maximum atomic E-state index is 9.16. The third kappa shape index (κ3) is 3.55. The zero-order valence-electron chi connectivity index (χ0n) is 11.6. The average molecular weight is 276 g/mol. The predicted octanol–water partition coefficient (Wildman–Crippen LogP) is 3.68. The molecule has 0 fully saturated rings. The average Bonchev–Trinajstić information content (AvgIpc) is 2.87. The molecule has 0 amide bonds. The number of hydrogen-bond acceptors (Lipinski definition) is 4. The number of thiazole rings is 1. The van der Waals surface area contributed by atoms with Crippen molar-refractivity contribution in [1.82, 2.24) is 4.98 Å². The van der Waals surface area contributed by atoms with Gasteiger partial charge in [0.25, 0.3) is 0 Å². The smallest absolute Gasteiger partial charge is 0.0954 e. The standard InChI is InChI=1S/C15H20N2OS/c1-10(2)15-17-13(9-19-15)7-16-14-6-12(8-18)5-4-11(14)3/h4-6,9-10,16,18H,7-8H2,1-3H3. The van der Waals surface area contributed by atoms with Crippen molar-refractivity contribution in [2.75, 3.05) is 5.32 Å². The Morgan fingerprint density at radius 2 is 2.16 bits per heavy atom. The molecular formula is C15H20N2OS. The summed E-state index contributed by atoms with van der Waals surface area (Å²) in [5.74, 6) is 0.484. The molecule has 2 N–H and O–H groups in total. The highest BCUT2D eigenvalue weighted by atomic mass is 32.1. The van der Waals surface area contributed by atoms with Crippen molar-refractivity contribution in [3.8, 4) is 0 Å². The first-order valence-electron chi connectivity index (χ1n) is 6.48. The number of aromatic nitrogens is 1. The molecule has 2 aromatic rings. The van der Waals surface area contributed by atoms with E-state index in [4.69, 9.17) is 5.11 Å². The lowest BCUT2D eigenvalue weighted by molar-refractivity contribution is 0.282. The Bertz CT molecular complexity index is 549. The number of aryl methyl sites for hydroxylation is 1. The van der Waals surface area contributed by atoms with E-state index < -0.39 is 0 Å². The van der Waals surface area contributed by atoms with E-state index in [1.807, 2.05) is 18.2 Å². The molecule has 1 heterocycles. The molecule has 1 aromatic heterocycles. The lowest BCUT2D eigenvalue weighted by Crippen LogP contribution is -2.02.